The van der Waals surface area contributed by atoms with E-state index in [4.69, 9.17) is 9.26 Å². The van der Waals surface area contributed by atoms with Crippen molar-refractivity contribution < 1.29 is 9.26 Å². The van der Waals surface area contributed by atoms with Crippen molar-refractivity contribution in [3.8, 4) is 0 Å². The van der Waals surface area contributed by atoms with Crippen LogP contribution in [-0.2, 0) is 10.3 Å². The molecule has 1 aromatic heterocycles. The Morgan fingerprint density at radius 2 is 1.95 bits per heavy atom. The molecule has 5 nitrogen and oxygen atoms in total. The molecule has 1 heterocycles. The van der Waals surface area contributed by atoms with E-state index in [1.807, 2.05) is 20.8 Å². The number of nitrogens with one attached hydrogen (secondary N) is 1. The van der Waals surface area contributed by atoms with Crippen LogP contribution in [0.1, 0.15) is 71.0 Å². The second-order valence-corrected chi connectivity index (χ2v) is 6.01. The van der Waals surface area contributed by atoms with Gasteiger partial charge >= 0.3 is 0 Å². The van der Waals surface area contributed by atoms with Crippen molar-refractivity contribution in [2.24, 2.45) is 0 Å². The zero-order valence-corrected chi connectivity index (χ0v) is 13.1. The smallest absolute Gasteiger partial charge is 0.229 e. The maximum atomic E-state index is 5.67. The summed E-state index contributed by atoms with van der Waals surface area (Å²) < 4.78 is 11.1. The Balaban J connectivity index is 1.96. The number of hydrogen-bond donors (Lipinski definition) is 1. The van der Waals surface area contributed by atoms with E-state index in [2.05, 4.69) is 22.4 Å². The first kappa shape index (κ1) is 15.4. The maximum absolute atomic E-state index is 5.67. The van der Waals surface area contributed by atoms with Crippen LogP contribution in [-0.4, -0.2) is 29.3 Å². The second kappa shape index (κ2) is 6.68. The molecule has 2 rings (SSSR count). The van der Waals surface area contributed by atoms with Crippen molar-refractivity contribution >= 4 is 0 Å². The van der Waals surface area contributed by atoms with Gasteiger partial charge in [0.2, 0.25) is 11.7 Å². The third-order valence-electron chi connectivity index (χ3n) is 4.05. The van der Waals surface area contributed by atoms with Crippen molar-refractivity contribution in [2.45, 2.75) is 70.9 Å². The molecule has 1 aromatic rings. The summed E-state index contributed by atoms with van der Waals surface area (Å²) in [7, 11) is 0. The van der Waals surface area contributed by atoms with Gasteiger partial charge in [0.05, 0.1) is 0 Å². The quantitative estimate of drug-likeness (QED) is 0.868. The molecule has 0 bridgehead atoms. The third-order valence-corrected chi connectivity index (χ3v) is 4.05. The molecule has 0 aromatic carbocycles. The van der Waals surface area contributed by atoms with E-state index in [0.29, 0.717) is 24.4 Å². The van der Waals surface area contributed by atoms with Gasteiger partial charge in [-0.3, -0.25) is 0 Å². The van der Waals surface area contributed by atoms with E-state index < -0.39 is 5.60 Å². The Kier molecular flexibility index (Phi) is 5.16. The monoisotopic (exact) mass is 281 g/mol. The average Bonchev–Trinajstić information content (AvgIpc) is 2.90. The van der Waals surface area contributed by atoms with Gasteiger partial charge in [0, 0.05) is 18.6 Å². The lowest BCUT2D eigenvalue weighted by molar-refractivity contribution is -0.0221. The lowest BCUT2D eigenvalue weighted by Gasteiger charge is -2.26. The first-order chi connectivity index (χ1) is 9.56. The third kappa shape index (κ3) is 3.58. The normalized spacial score (nSPS) is 24.0. The predicted molar refractivity (Wildman–Crippen MR) is 77.6 cm³/mol. The Labute approximate surface area is 121 Å². The summed E-state index contributed by atoms with van der Waals surface area (Å²) in [4.78, 5) is 4.57. The van der Waals surface area contributed by atoms with Crippen molar-refractivity contribution in [1.29, 1.82) is 0 Å². The van der Waals surface area contributed by atoms with Crippen LogP contribution in [0.3, 0.4) is 0 Å². The van der Waals surface area contributed by atoms with E-state index in [-0.39, 0.29) is 0 Å². The molecule has 0 unspecified atom stereocenters. The topological polar surface area (TPSA) is 60.2 Å². The molecule has 0 amide bonds. The Bertz CT molecular complexity index is 409. The van der Waals surface area contributed by atoms with Crippen LogP contribution in [0, 0.1) is 0 Å². The number of rotatable bonds is 6. The fourth-order valence-corrected chi connectivity index (χ4v) is 2.90. The van der Waals surface area contributed by atoms with Gasteiger partial charge in [-0.2, -0.15) is 4.98 Å². The van der Waals surface area contributed by atoms with Gasteiger partial charge in [-0.25, -0.2) is 0 Å². The highest BCUT2D eigenvalue weighted by Crippen LogP contribution is 2.33. The number of nitrogens with zero attached hydrogens (tertiary/aromatic N) is 2. The van der Waals surface area contributed by atoms with Crippen LogP contribution in [0.25, 0.3) is 0 Å². The molecule has 0 saturated heterocycles. The molecule has 0 radical (unpaired) electrons. The highest BCUT2D eigenvalue weighted by Gasteiger charge is 2.31. The summed E-state index contributed by atoms with van der Waals surface area (Å²) in [6.45, 7) is 9.78. The first-order valence-electron chi connectivity index (χ1n) is 7.78. The van der Waals surface area contributed by atoms with Crippen molar-refractivity contribution in [1.82, 2.24) is 15.5 Å². The molecule has 114 valence electrons. The van der Waals surface area contributed by atoms with Crippen LogP contribution in [0.15, 0.2) is 4.52 Å². The van der Waals surface area contributed by atoms with E-state index in [0.717, 1.165) is 25.3 Å². The molecule has 0 spiro atoms. The van der Waals surface area contributed by atoms with Crippen LogP contribution in [0.4, 0.5) is 0 Å². The Hall–Kier alpha value is -0.940. The SMILES string of the molecule is CCNC1CCC(c2nc(C(C)(C)OCC)no2)CC1. The largest absolute Gasteiger partial charge is 0.368 e. The zero-order chi connectivity index (χ0) is 14.6. The minimum absolute atomic E-state index is 0.406. The summed E-state index contributed by atoms with van der Waals surface area (Å²) in [6.07, 6.45) is 4.61. The summed E-state index contributed by atoms with van der Waals surface area (Å²) >= 11 is 0. The van der Waals surface area contributed by atoms with Crippen molar-refractivity contribution in [2.75, 3.05) is 13.2 Å². The predicted octanol–water partition coefficient (Wildman–Crippen LogP) is 2.98. The number of hydrogen-bond acceptors (Lipinski definition) is 5. The van der Waals surface area contributed by atoms with Crippen LogP contribution >= 0.6 is 0 Å². The summed E-state index contributed by atoms with van der Waals surface area (Å²) in [5.41, 5.74) is -0.475. The second-order valence-electron chi connectivity index (χ2n) is 6.01. The molecule has 1 aliphatic carbocycles. The molecule has 1 N–H and O–H groups in total. The van der Waals surface area contributed by atoms with Crippen LogP contribution in [0.2, 0.25) is 0 Å². The Morgan fingerprint density at radius 3 is 2.55 bits per heavy atom. The molecule has 5 heteroatoms. The average molecular weight is 281 g/mol. The molecule has 1 saturated carbocycles. The minimum atomic E-state index is -0.475. The van der Waals surface area contributed by atoms with Crippen LogP contribution < -0.4 is 5.32 Å². The van der Waals surface area contributed by atoms with Gasteiger partial charge in [-0.05, 0) is 53.0 Å². The standard InChI is InChI=1S/C15H27N3O2/c1-5-16-12-9-7-11(8-10-12)13-17-14(18-20-13)15(3,4)19-6-2/h11-12,16H,5-10H2,1-4H3. The summed E-state index contributed by atoms with van der Waals surface area (Å²) in [5.74, 6) is 1.84. The summed E-state index contributed by atoms with van der Waals surface area (Å²) in [5, 5.41) is 7.63. The molecular formula is C15H27N3O2. The van der Waals surface area contributed by atoms with Crippen molar-refractivity contribution in [3.63, 3.8) is 0 Å². The molecule has 20 heavy (non-hydrogen) atoms. The fraction of sp³-hybridized carbons (Fsp3) is 0.867. The van der Waals surface area contributed by atoms with Gasteiger partial charge in [0.1, 0.15) is 5.60 Å². The van der Waals surface area contributed by atoms with Gasteiger partial charge in [-0.15, -0.1) is 0 Å². The van der Waals surface area contributed by atoms with Gasteiger partial charge in [-0.1, -0.05) is 12.1 Å². The molecule has 0 atom stereocenters. The lowest BCUT2D eigenvalue weighted by atomic mass is 9.86. The summed E-state index contributed by atoms with van der Waals surface area (Å²) in [6, 6.07) is 0.651. The van der Waals surface area contributed by atoms with E-state index in [9.17, 15) is 0 Å². The van der Waals surface area contributed by atoms with Gasteiger partial charge in [0.15, 0.2) is 0 Å². The zero-order valence-electron chi connectivity index (χ0n) is 13.1. The molecular weight excluding hydrogens is 254 g/mol. The fourth-order valence-electron chi connectivity index (χ4n) is 2.90. The van der Waals surface area contributed by atoms with Gasteiger partial charge in [0.25, 0.3) is 0 Å². The van der Waals surface area contributed by atoms with Crippen molar-refractivity contribution in [3.05, 3.63) is 11.7 Å². The first-order valence-corrected chi connectivity index (χ1v) is 7.78. The maximum Gasteiger partial charge on any atom is 0.229 e. The molecule has 1 aliphatic rings. The number of ether oxygens (including phenoxy) is 1. The van der Waals surface area contributed by atoms with E-state index in [1.165, 1.54) is 12.8 Å². The lowest BCUT2D eigenvalue weighted by Crippen LogP contribution is -2.32. The van der Waals surface area contributed by atoms with E-state index >= 15 is 0 Å². The van der Waals surface area contributed by atoms with Gasteiger partial charge < -0.3 is 14.6 Å². The highest BCUT2D eigenvalue weighted by molar-refractivity contribution is 5.02. The number of aromatic nitrogens is 2. The molecule has 1 fully saturated rings. The van der Waals surface area contributed by atoms with Crippen LogP contribution in [0.5, 0.6) is 0 Å². The van der Waals surface area contributed by atoms with E-state index in [1.54, 1.807) is 0 Å². The Morgan fingerprint density at radius 1 is 1.25 bits per heavy atom. The molecule has 0 aliphatic heterocycles. The minimum Gasteiger partial charge on any atom is -0.368 e. The highest BCUT2D eigenvalue weighted by atomic mass is 16.5.